The molecule has 0 spiro atoms. The minimum absolute atomic E-state index is 0.00492. The fourth-order valence-corrected chi connectivity index (χ4v) is 2.45. The number of alkyl halides is 3. The van der Waals surface area contributed by atoms with Crippen LogP contribution in [0.5, 0.6) is 0 Å². The van der Waals surface area contributed by atoms with Crippen LogP contribution in [-0.2, 0) is 11.0 Å². The number of rotatable bonds is 6. The molecule has 26 heavy (non-hydrogen) atoms. The van der Waals surface area contributed by atoms with Crippen LogP contribution in [0.2, 0.25) is 0 Å². The maximum atomic E-state index is 13.7. The standard InChI is InChI=1S/C18H19F4N3O/c1-11(25-12(2)26)5-7-23-14-6-8-24-17(10-14)13-3-4-15(16(19)9-13)18(20,21)22/h3-4,6,8-11H,5,7H2,1-2H3,(H,23,24)(H,25,26). The molecule has 1 unspecified atom stereocenters. The molecule has 0 saturated carbocycles. The Kier molecular flexibility index (Phi) is 6.18. The average Bonchev–Trinajstić information content (AvgIpc) is 2.53. The van der Waals surface area contributed by atoms with E-state index in [1.807, 2.05) is 6.92 Å². The van der Waals surface area contributed by atoms with Crippen molar-refractivity contribution in [2.45, 2.75) is 32.5 Å². The van der Waals surface area contributed by atoms with Crippen LogP contribution in [0.25, 0.3) is 11.3 Å². The van der Waals surface area contributed by atoms with Gasteiger partial charge in [0, 0.05) is 37.0 Å². The van der Waals surface area contributed by atoms with Gasteiger partial charge < -0.3 is 10.6 Å². The largest absolute Gasteiger partial charge is 0.419 e. The van der Waals surface area contributed by atoms with E-state index in [-0.39, 0.29) is 17.5 Å². The van der Waals surface area contributed by atoms with E-state index < -0.39 is 17.6 Å². The zero-order chi connectivity index (χ0) is 19.3. The van der Waals surface area contributed by atoms with Gasteiger partial charge in [-0.1, -0.05) is 6.07 Å². The van der Waals surface area contributed by atoms with Gasteiger partial charge >= 0.3 is 6.18 Å². The Bertz CT molecular complexity index is 777. The van der Waals surface area contributed by atoms with E-state index in [1.165, 1.54) is 19.2 Å². The molecule has 1 aromatic heterocycles. The first-order chi connectivity index (χ1) is 12.2. The van der Waals surface area contributed by atoms with Crippen LogP contribution < -0.4 is 10.6 Å². The second kappa shape index (κ2) is 8.16. The third-order valence-corrected chi connectivity index (χ3v) is 3.69. The molecule has 0 bridgehead atoms. The number of carbonyl (C=O) groups excluding carboxylic acids is 1. The molecule has 0 fully saturated rings. The average molecular weight is 369 g/mol. The highest BCUT2D eigenvalue weighted by atomic mass is 19.4. The lowest BCUT2D eigenvalue weighted by molar-refractivity contribution is -0.140. The van der Waals surface area contributed by atoms with Crippen LogP contribution >= 0.6 is 0 Å². The molecule has 1 aromatic carbocycles. The molecular weight excluding hydrogens is 350 g/mol. The minimum atomic E-state index is -4.73. The number of nitrogens with one attached hydrogen (secondary N) is 2. The fourth-order valence-electron chi connectivity index (χ4n) is 2.45. The third-order valence-electron chi connectivity index (χ3n) is 3.69. The Hall–Kier alpha value is -2.64. The normalized spacial score (nSPS) is 12.5. The van der Waals surface area contributed by atoms with Gasteiger partial charge in [0.1, 0.15) is 5.82 Å². The topological polar surface area (TPSA) is 54.0 Å². The Morgan fingerprint density at radius 2 is 1.96 bits per heavy atom. The predicted octanol–water partition coefficient (Wildman–Crippen LogP) is 4.23. The summed E-state index contributed by atoms with van der Waals surface area (Å²) in [6.45, 7) is 3.90. The molecule has 8 heteroatoms. The van der Waals surface area contributed by atoms with Gasteiger partial charge in [-0.3, -0.25) is 9.78 Å². The molecule has 1 atom stereocenters. The lowest BCUT2D eigenvalue weighted by Crippen LogP contribution is -2.31. The number of hydrogen-bond acceptors (Lipinski definition) is 3. The van der Waals surface area contributed by atoms with Crippen molar-refractivity contribution in [2.75, 3.05) is 11.9 Å². The maximum Gasteiger partial charge on any atom is 0.419 e. The van der Waals surface area contributed by atoms with Crippen molar-refractivity contribution in [1.29, 1.82) is 0 Å². The Morgan fingerprint density at radius 3 is 2.58 bits per heavy atom. The second-order valence-electron chi connectivity index (χ2n) is 5.94. The molecule has 2 aromatic rings. The van der Waals surface area contributed by atoms with Crippen molar-refractivity contribution in [3.63, 3.8) is 0 Å². The number of amides is 1. The summed E-state index contributed by atoms with van der Waals surface area (Å²) < 4.78 is 51.6. The van der Waals surface area contributed by atoms with Crippen molar-refractivity contribution >= 4 is 11.6 Å². The van der Waals surface area contributed by atoms with Gasteiger partial charge in [-0.05, 0) is 37.6 Å². The summed E-state index contributed by atoms with van der Waals surface area (Å²) in [4.78, 5) is 15.0. The Balaban J connectivity index is 2.07. The van der Waals surface area contributed by atoms with E-state index in [2.05, 4.69) is 15.6 Å². The van der Waals surface area contributed by atoms with Gasteiger partial charge in [0.2, 0.25) is 5.91 Å². The number of benzene rings is 1. The lowest BCUT2D eigenvalue weighted by Gasteiger charge is -2.14. The number of halogens is 4. The molecule has 2 rings (SSSR count). The fraction of sp³-hybridized carbons (Fsp3) is 0.333. The summed E-state index contributed by atoms with van der Waals surface area (Å²) in [6, 6.07) is 6.06. The summed E-state index contributed by atoms with van der Waals surface area (Å²) in [5, 5.41) is 5.91. The van der Waals surface area contributed by atoms with Crippen LogP contribution in [0.1, 0.15) is 25.8 Å². The molecule has 1 amide bonds. The molecule has 1 heterocycles. The second-order valence-corrected chi connectivity index (χ2v) is 5.94. The van der Waals surface area contributed by atoms with Crippen molar-refractivity contribution in [1.82, 2.24) is 10.3 Å². The monoisotopic (exact) mass is 369 g/mol. The van der Waals surface area contributed by atoms with E-state index in [9.17, 15) is 22.4 Å². The van der Waals surface area contributed by atoms with Crippen molar-refractivity contribution < 1.29 is 22.4 Å². The number of carbonyl (C=O) groups is 1. The molecule has 0 aliphatic rings. The van der Waals surface area contributed by atoms with E-state index >= 15 is 0 Å². The smallest absolute Gasteiger partial charge is 0.385 e. The first-order valence-electron chi connectivity index (χ1n) is 8.01. The Morgan fingerprint density at radius 1 is 1.23 bits per heavy atom. The van der Waals surface area contributed by atoms with E-state index in [0.29, 0.717) is 30.4 Å². The third kappa shape index (κ3) is 5.44. The maximum absolute atomic E-state index is 13.7. The molecule has 0 saturated heterocycles. The van der Waals surface area contributed by atoms with E-state index in [0.717, 1.165) is 6.07 Å². The SMILES string of the molecule is CC(=O)NC(C)CCNc1ccnc(-c2ccc(C(F)(F)F)c(F)c2)c1. The van der Waals surface area contributed by atoms with Gasteiger partial charge in [0.05, 0.1) is 11.3 Å². The Labute approximate surface area is 148 Å². The number of hydrogen-bond donors (Lipinski definition) is 2. The van der Waals surface area contributed by atoms with Gasteiger partial charge in [0.15, 0.2) is 0 Å². The first-order valence-corrected chi connectivity index (χ1v) is 8.01. The molecule has 0 radical (unpaired) electrons. The zero-order valence-electron chi connectivity index (χ0n) is 14.3. The van der Waals surface area contributed by atoms with E-state index in [4.69, 9.17) is 0 Å². The van der Waals surface area contributed by atoms with Crippen LogP contribution in [0.15, 0.2) is 36.5 Å². The molecule has 2 N–H and O–H groups in total. The van der Waals surface area contributed by atoms with Crippen molar-refractivity contribution in [3.05, 3.63) is 47.9 Å². The molecule has 140 valence electrons. The van der Waals surface area contributed by atoms with Gasteiger partial charge in [-0.25, -0.2) is 4.39 Å². The summed E-state index contributed by atoms with van der Waals surface area (Å²) >= 11 is 0. The zero-order valence-corrected chi connectivity index (χ0v) is 14.3. The molecule has 0 aliphatic heterocycles. The summed E-state index contributed by atoms with van der Waals surface area (Å²) in [6.07, 6.45) is -2.55. The first kappa shape index (κ1) is 19.7. The summed E-state index contributed by atoms with van der Waals surface area (Å²) in [5.41, 5.74) is 0.0103. The van der Waals surface area contributed by atoms with Crippen molar-refractivity contribution in [2.24, 2.45) is 0 Å². The lowest BCUT2D eigenvalue weighted by atomic mass is 10.1. The number of anilines is 1. The highest BCUT2D eigenvalue weighted by Gasteiger charge is 2.34. The predicted molar refractivity (Wildman–Crippen MR) is 91.0 cm³/mol. The summed E-state index contributed by atoms with van der Waals surface area (Å²) in [7, 11) is 0. The highest BCUT2D eigenvalue weighted by Crippen LogP contribution is 2.33. The number of aromatic nitrogens is 1. The van der Waals surface area contributed by atoms with Crippen LogP contribution in [0.4, 0.5) is 23.2 Å². The van der Waals surface area contributed by atoms with Crippen molar-refractivity contribution in [3.8, 4) is 11.3 Å². The number of pyridine rings is 1. The van der Waals surface area contributed by atoms with Gasteiger partial charge in [0.25, 0.3) is 0 Å². The summed E-state index contributed by atoms with van der Waals surface area (Å²) in [5.74, 6) is -1.44. The van der Waals surface area contributed by atoms with Crippen LogP contribution in [0.3, 0.4) is 0 Å². The minimum Gasteiger partial charge on any atom is -0.385 e. The van der Waals surface area contributed by atoms with Crippen LogP contribution in [0, 0.1) is 5.82 Å². The quantitative estimate of drug-likeness (QED) is 0.749. The van der Waals surface area contributed by atoms with E-state index in [1.54, 1.807) is 12.1 Å². The van der Waals surface area contributed by atoms with Gasteiger partial charge in [-0.15, -0.1) is 0 Å². The highest BCUT2D eigenvalue weighted by molar-refractivity contribution is 5.73. The van der Waals surface area contributed by atoms with Crippen LogP contribution in [-0.4, -0.2) is 23.5 Å². The van der Waals surface area contributed by atoms with Gasteiger partial charge in [-0.2, -0.15) is 13.2 Å². The number of nitrogens with zero attached hydrogens (tertiary/aromatic N) is 1. The molecule has 4 nitrogen and oxygen atoms in total. The molecular formula is C18H19F4N3O. The molecule has 0 aliphatic carbocycles.